The smallest absolute Gasteiger partial charge is 0.00140 e. The van der Waals surface area contributed by atoms with Gasteiger partial charge in [0.15, 0.2) is 0 Å². The first-order valence-electron chi connectivity index (χ1n) is 8.43. The van der Waals surface area contributed by atoms with Gasteiger partial charge in [-0.2, -0.15) is 0 Å². The number of hydrogen-bond donors (Lipinski definition) is 1. The Morgan fingerprint density at radius 2 is 1.50 bits per heavy atom. The van der Waals surface area contributed by atoms with E-state index >= 15 is 0 Å². The summed E-state index contributed by atoms with van der Waals surface area (Å²) >= 11 is 0. The number of rotatable bonds is 8. The van der Waals surface area contributed by atoms with E-state index in [1.54, 1.807) is 0 Å². The minimum absolute atomic E-state index is 0.642. The molecular formula is C21H29N. The molecule has 1 N–H and O–H groups in total. The average molecular weight is 295 g/mol. The summed E-state index contributed by atoms with van der Waals surface area (Å²) in [4.78, 5) is 0. The van der Waals surface area contributed by atoms with Gasteiger partial charge in [-0.1, -0.05) is 74.0 Å². The highest BCUT2D eigenvalue weighted by atomic mass is 14.9. The first-order chi connectivity index (χ1) is 10.6. The van der Waals surface area contributed by atoms with Crippen LogP contribution in [0.25, 0.3) is 0 Å². The van der Waals surface area contributed by atoms with Crippen molar-refractivity contribution in [1.82, 2.24) is 5.32 Å². The van der Waals surface area contributed by atoms with Crippen molar-refractivity contribution in [2.75, 3.05) is 13.1 Å². The Labute approximate surface area is 135 Å². The molecule has 1 atom stereocenters. The molecule has 0 heterocycles. The molecule has 1 unspecified atom stereocenters. The molecule has 2 aromatic carbocycles. The zero-order valence-corrected chi connectivity index (χ0v) is 14.2. The van der Waals surface area contributed by atoms with Crippen molar-refractivity contribution in [3.63, 3.8) is 0 Å². The summed E-state index contributed by atoms with van der Waals surface area (Å²) in [6, 6.07) is 19.8. The van der Waals surface area contributed by atoms with Gasteiger partial charge in [0.05, 0.1) is 0 Å². The minimum atomic E-state index is 0.642. The predicted octanol–water partition coefficient (Wildman–Crippen LogP) is 4.64. The Morgan fingerprint density at radius 3 is 2.18 bits per heavy atom. The fourth-order valence-electron chi connectivity index (χ4n) is 2.91. The molecule has 1 heteroatoms. The van der Waals surface area contributed by atoms with Crippen molar-refractivity contribution in [2.24, 2.45) is 11.8 Å². The molecule has 0 bridgehead atoms. The maximum atomic E-state index is 3.64. The largest absolute Gasteiger partial charge is 0.316 e. The normalized spacial score (nSPS) is 12.5. The second kappa shape index (κ2) is 8.75. The third-order valence-corrected chi connectivity index (χ3v) is 3.96. The molecule has 0 fully saturated rings. The van der Waals surface area contributed by atoms with Crippen LogP contribution in [0.5, 0.6) is 0 Å². The van der Waals surface area contributed by atoms with Gasteiger partial charge in [-0.25, -0.2) is 0 Å². The van der Waals surface area contributed by atoms with Crippen LogP contribution in [0.1, 0.15) is 30.5 Å². The standard InChI is InChI=1S/C21H29N/c1-17(2)15-22-16-21(13-19-9-5-4-6-10-19)14-20-11-7-8-18(3)12-20/h4-12,17,21-22H,13-16H2,1-3H3. The topological polar surface area (TPSA) is 12.0 Å². The van der Waals surface area contributed by atoms with E-state index in [1.807, 2.05) is 0 Å². The van der Waals surface area contributed by atoms with Crippen molar-refractivity contribution >= 4 is 0 Å². The van der Waals surface area contributed by atoms with Crippen LogP contribution in [0.15, 0.2) is 54.6 Å². The molecule has 0 spiro atoms. The molecule has 0 amide bonds. The van der Waals surface area contributed by atoms with Crippen molar-refractivity contribution in [1.29, 1.82) is 0 Å². The summed E-state index contributed by atoms with van der Waals surface area (Å²) in [5.74, 6) is 1.35. The summed E-state index contributed by atoms with van der Waals surface area (Å²) < 4.78 is 0. The van der Waals surface area contributed by atoms with Crippen LogP contribution in [0.2, 0.25) is 0 Å². The number of hydrogen-bond acceptors (Lipinski definition) is 1. The van der Waals surface area contributed by atoms with Crippen LogP contribution in [0, 0.1) is 18.8 Å². The molecule has 0 radical (unpaired) electrons. The Bertz CT molecular complexity index is 545. The molecule has 118 valence electrons. The molecular weight excluding hydrogens is 266 g/mol. The van der Waals surface area contributed by atoms with Gasteiger partial charge in [0, 0.05) is 0 Å². The number of nitrogens with one attached hydrogen (secondary N) is 1. The Balaban J connectivity index is 2.00. The van der Waals surface area contributed by atoms with Crippen molar-refractivity contribution < 1.29 is 0 Å². The quantitative estimate of drug-likeness (QED) is 0.748. The average Bonchev–Trinajstić information content (AvgIpc) is 2.48. The molecule has 0 aliphatic carbocycles. The van der Waals surface area contributed by atoms with Gasteiger partial charge in [0.2, 0.25) is 0 Å². The van der Waals surface area contributed by atoms with Crippen LogP contribution in [-0.2, 0) is 12.8 Å². The predicted molar refractivity (Wildman–Crippen MR) is 96.2 cm³/mol. The highest BCUT2D eigenvalue weighted by Crippen LogP contribution is 2.15. The van der Waals surface area contributed by atoms with E-state index in [0.29, 0.717) is 11.8 Å². The zero-order chi connectivity index (χ0) is 15.8. The van der Waals surface area contributed by atoms with E-state index in [9.17, 15) is 0 Å². The molecule has 0 aliphatic heterocycles. The van der Waals surface area contributed by atoms with Crippen molar-refractivity contribution in [2.45, 2.75) is 33.6 Å². The summed E-state index contributed by atoms with van der Waals surface area (Å²) in [5, 5.41) is 3.64. The molecule has 0 saturated carbocycles. The maximum absolute atomic E-state index is 3.64. The Hall–Kier alpha value is -1.60. The third-order valence-electron chi connectivity index (χ3n) is 3.96. The number of benzene rings is 2. The lowest BCUT2D eigenvalue weighted by Gasteiger charge is -2.19. The van der Waals surface area contributed by atoms with E-state index in [1.165, 1.54) is 16.7 Å². The van der Waals surface area contributed by atoms with Crippen LogP contribution >= 0.6 is 0 Å². The van der Waals surface area contributed by atoms with Gasteiger partial charge in [0.25, 0.3) is 0 Å². The Morgan fingerprint density at radius 1 is 0.818 bits per heavy atom. The number of aryl methyl sites for hydroxylation is 1. The van der Waals surface area contributed by atoms with E-state index in [0.717, 1.165) is 25.9 Å². The molecule has 1 nitrogen and oxygen atoms in total. The van der Waals surface area contributed by atoms with E-state index < -0.39 is 0 Å². The van der Waals surface area contributed by atoms with Gasteiger partial charge >= 0.3 is 0 Å². The van der Waals surface area contributed by atoms with Gasteiger partial charge in [-0.05, 0) is 55.8 Å². The van der Waals surface area contributed by atoms with E-state index in [-0.39, 0.29) is 0 Å². The van der Waals surface area contributed by atoms with Gasteiger partial charge in [-0.3, -0.25) is 0 Å². The SMILES string of the molecule is Cc1cccc(CC(CNCC(C)C)Cc2ccccc2)c1. The second-order valence-electron chi connectivity index (χ2n) is 6.80. The minimum Gasteiger partial charge on any atom is -0.316 e. The fourth-order valence-corrected chi connectivity index (χ4v) is 2.91. The highest BCUT2D eigenvalue weighted by molar-refractivity contribution is 5.23. The lowest BCUT2D eigenvalue weighted by molar-refractivity contribution is 0.445. The van der Waals surface area contributed by atoms with E-state index in [4.69, 9.17) is 0 Å². The first-order valence-corrected chi connectivity index (χ1v) is 8.43. The van der Waals surface area contributed by atoms with Crippen LogP contribution in [0.3, 0.4) is 0 Å². The van der Waals surface area contributed by atoms with Gasteiger partial charge in [-0.15, -0.1) is 0 Å². The summed E-state index contributed by atoms with van der Waals surface area (Å²) in [5.41, 5.74) is 4.24. The lowest BCUT2D eigenvalue weighted by atomic mass is 9.92. The van der Waals surface area contributed by atoms with Gasteiger partial charge in [0.1, 0.15) is 0 Å². The summed E-state index contributed by atoms with van der Waals surface area (Å²) in [6.45, 7) is 8.88. The molecule has 22 heavy (non-hydrogen) atoms. The molecule has 0 aliphatic rings. The molecule has 2 aromatic rings. The van der Waals surface area contributed by atoms with Crippen molar-refractivity contribution in [3.05, 3.63) is 71.3 Å². The first kappa shape index (κ1) is 16.8. The zero-order valence-electron chi connectivity index (χ0n) is 14.2. The van der Waals surface area contributed by atoms with Crippen LogP contribution in [-0.4, -0.2) is 13.1 Å². The fraction of sp³-hybridized carbons (Fsp3) is 0.429. The monoisotopic (exact) mass is 295 g/mol. The maximum Gasteiger partial charge on any atom is -0.00140 e. The summed E-state index contributed by atoms with van der Waals surface area (Å²) in [6.07, 6.45) is 2.28. The highest BCUT2D eigenvalue weighted by Gasteiger charge is 2.11. The summed E-state index contributed by atoms with van der Waals surface area (Å²) in [7, 11) is 0. The third kappa shape index (κ3) is 6.03. The van der Waals surface area contributed by atoms with Crippen molar-refractivity contribution in [3.8, 4) is 0 Å². The molecule has 0 aromatic heterocycles. The van der Waals surface area contributed by atoms with Crippen LogP contribution < -0.4 is 5.32 Å². The Kier molecular flexibility index (Phi) is 6.67. The molecule has 0 saturated heterocycles. The van der Waals surface area contributed by atoms with Gasteiger partial charge < -0.3 is 5.32 Å². The lowest BCUT2D eigenvalue weighted by Crippen LogP contribution is -2.28. The van der Waals surface area contributed by atoms with E-state index in [2.05, 4.69) is 80.7 Å². The van der Waals surface area contributed by atoms with Crippen LogP contribution in [0.4, 0.5) is 0 Å². The molecule has 2 rings (SSSR count). The second-order valence-corrected chi connectivity index (χ2v) is 6.80.